The van der Waals surface area contributed by atoms with E-state index in [2.05, 4.69) is 0 Å². The molecule has 0 aliphatic carbocycles. The molecule has 0 unspecified atom stereocenters. The van der Waals surface area contributed by atoms with Crippen LogP contribution in [0.4, 0.5) is 0 Å². The molecule has 0 radical (unpaired) electrons. The predicted molar refractivity (Wildman–Crippen MR) is 141 cm³/mol. The molecule has 0 heterocycles. The molecule has 4 aromatic carbocycles. The molecule has 0 aliphatic heterocycles. The number of aryl methyl sites for hydroxylation is 1. The predicted octanol–water partition coefficient (Wildman–Crippen LogP) is 4.54. The Hall–Kier alpha value is -4.04. The van der Waals surface area contributed by atoms with Crippen LogP contribution in [-0.4, -0.2) is 41.1 Å². The lowest BCUT2D eigenvalue weighted by Crippen LogP contribution is -2.06. The van der Waals surface area contributed by atoms with Gasteiger partial charge in [0.25, 0.3) is 10.1 Å². The molecule has 0 saturated carbocycles. The zero-order chi connectivity index (χ0) is 28.8. The van der Waals surface area contributed by atoms with Crippen LogP contribution in [0.3, 0.4) is 0 Å². The van der Waals surface area contributed by atoms with Crippen LogP contribution < -0.4 is 9.47 Å². The average molecular weight is 591 g/mol. The fraction of sp³-hybridized carbons (Fsp3) is 0.0769. The lowest BCUT2D eigenvalue weighted by Gasteiger charge is -2.12. The summed E-state index contributed by atoms with van der Waals surface area (Å²) < 4.78 is 96.1. The number of benzene rings is 4. The minimum atomic E-state index is -4.78. The summed E-state index contributed by atoms with van der Waals surface area (Å²) in [7, 11) is -10.3. The van der Waals surface area contributed by atoms with Crippen molar-refractivity contribution >= 4 is 30.6 Å². The molecule has 0 aromatic heterocycles. The molecule has 204 valence electrons. The van der Waals surface area contributed by atoms with Gasteiger partial charge in [-0.1, -0.05) is 42.0 Å². The highest BCUT2D eigenvalue weighted by Gasteiger charge is 2.24. The highest BCUT2D eigenvalue weighted by Crippen LogP contribution is 2.34. The van der Waals surface area contributed by atoms with E-state index in [-0.39, 0.29) is 15.5 Å². The number of hydrogen-bond donors (Lipinski definition) is 1. The van der Waals surface area contributed by atoms with Gasteiger partial charge in [-0.15, -0.1) is 12.6 Å². The number of sulfone groups is 1. The van der Waals surface area contributed by atoms with Crippen LogP contribution in [0, 0.1) is 6.92 Å². The van der Waals surface area contributed by atoms with Gasteiger partial charge in [-0.05, 0) is 72.6 Å². The highest BCUT2D eigenvalue weighted by molar-refractivity contribution is 7.91. The third kappa shape index (κ3) is 7.74. The molecule has 4 aromatic rings. The molecule has 0 bridgehead atoms. The standard InChI is InChI=1S/C26H22O7S2.O3S/c1-18-3-13-23(14-4-18)34(27,28)24-15-16-25(26(17-24)35(29,30)31)33-22-11-7-20(8-12-22)19-5-9-21(32-2)10-6-19;1-4(2)3/h3-17H,1-2H3,(H,29,30,31);. The van der Waals surface area contributed by atoms with Crippen molar-refractivity contribution in [3.63, 3.8) is 0 Å². The van der Waals surface area contributed by atoms with E-state index >= 15 is 0 Å². The van der Waals surface area contributed by atoms with E-state index in [1.165, 1.54) is 24.3 Å². The fourth-order valence-electron chi connectivity index (χ4n) is 3.42. The van der Waals surface area contributed by atoms with Crippen molar-refractivity contribution in [2.24, 2.45) is 0 Å². The molecule has 1 N–H and O–H groups in total. The van der Waals surface area contributed by atoms with Crippen molar-refractivity contribution in [3.05, 3.63) is 96.6 Å². The number of hydrogen-bond acceptors (Lipinski definition) is 9. The second kappa shape index (κ2) is 12.2. The Morgan fingerprint density at radius 2 is 1.13 bits per heavy atom. The molecule has 10 nitrogen and oxygen atoms in total. The first kappa shape index (κ1) is 29.5. The summed E-state index contributed by atoms with van der Waals surface area (Å²) in [6.07, 6.45) is 0. The van der Waals surface area contributed by atoms with Crippen LogP contribution in [0.5, 0.6) is 17.2 Å². The van der Waals surface area contributed by atoms with Crippen molar-refractivity contribution in [2.45, 2.75) is 21.6 Å². The minimum Gasteiger partial charge on any atom is -0.497 e. The Balaban J connectivity index is 0.000000983. The maximum Gasteiger partial charge on any atom is 0.425 e. The first-order valence-corrected chi connectivity index (χ1v) is 14.9. The average Bonchev–Trinajstić information content (AvgIpc) is 2.89. The van der Waals surface area contributed by atoms with E-state index in [4.69, 9.17) is 22.1 Å². The molecular formula is C26H22O10S3. The summed E-state index contributed by atoms with van der Waals surface area (Å²) in [6.45, 7) is 1.82. The molecule has 4 rings (SSSR count). The lowest BCUT2D eigenvalue weighted by atomic mass is 10.1. The highest BCUT2D eigenvalue weighted by atomic mass is 32.2. The smallest absolute Gasteiger partial charge is 0.425 e. The maximum atomic E-state index is 13.0. The summed E-state index contributed by atoms with van der Waals surface area (Å²) in [5.74, 6) is 0.841. The molecular weight excluding hydrogens is 568 g/mol. The molecule has 0 spiro atoms. The zero-order valence-electron chi connectivity index (χ0n) is 20.5. The quantitative estimate of drug-likeness (QED) is 0.303. The van der Waals surface area contributed by atoms with E-state index in [0.717, 1.165) is 28.5 Å². The van der Waals surface area contributed by atoms with Crippen LogP contribution in [-0.2, 0) is 30.6 Å². The van der Waals surface area contributed by atoms with Crippen LogP contribution in [0.25, 0.3) is 11.1 Å². The lowest BCUT2D eigenvalue weighted by molar-refractivity contribution is 0.415. The minimum absolute atomic E-state index is 0.00665. The normalized spacial score (nSPS) is 11.2. The van der Waals surface area contributed by atoms with Gasteiger partial charge >= 0.3 is 10.6 Å². The third-order valence-electron chi connectivity index (χ3n) is 5.34. The molecule has 0 saturated heterocycles. The first-order chi connectivity index (χ1) is 18.3. The topological polar surface area (TPSA) is 158 Å². The summed E-state index contributed by atoms with van der Waals surface area (Å²) in [6, 6.07) is 23.9. The second-order valence-corrected chi connectivity index (χ2v) is 11.7. The third-order valence-corrected chi connectivity index (χ3v) is 7.98. The van der Waals surface area contributed by atoms with Gasteiger partial charge in [0.2, 0.25) is 9.84 Å². The molecule has 13 heteroatoms. The van der Waals surface area contributed by atoms with E-state index in [0.29, 0.717) is 5.75 Å². The van der Waals surface area contributed by atoms with Gasteiger partial charge in [0.1, 0.15) is 22.1 Å². The monoisotopic (exact) mass is 590 g/mol. The Labute approximate surface area is 227 Å². The molecule has 0 amide bonds. The van der Waals surface area contributed by atoms with Crippen molar-refractivity contribution in [2.75, 3.05) is 7.11 Å². The van der Waals surface area contributed by atoms with Crippen molar-refractivity contribution < 1.29 is 43.5 Å². The van der Waals surface area contributed by atoms with Crippen molar-refractivity contribution in [1.82, 2.24) is 0 Å². The van der Waals surface area contributed by atoms with Gasteiger partial charge in [0.15, 0.2) is 0 Å². The molecule has 0 atom stereocenters. The summed E-state index contributed by atoms with van der Waals surface area (Å²) in [5.41, 5.74) is 2.72. The number of rotatable bonds is 7. The Morgan fingerprint density at radius 1 is 0.667 bits per heavy atom. The Morgan fingerprint density at radius 3 is 1.59 bits per heavy atom. The van der Waals surface area contributed by atoms with Gasteiger partial charge < -0.3 is 9.47 Å². The Kier molecular flexibility index (Phi) is 9.24. The van der Waals surface area contributed by atoms with Gasteiger partial charge in [0, 0.05) is 0 Å². The molecule has 39 heavy (non-hydrogen) atoms. The first-order valence-electron chi connectivity index (χ1n) is 10.9. The Bertz CT molecular complexity index is 1770. The van der Waals surface area contributed by atoms with E-state index in [1.54, 1.807) is 43.5 Å². The van der Waals surface area contributed by atoms with Crippen LogP contribution in [0.1, 0.15) is 5.56 Å². The second-order valence-electron chi connectivity index (χ2n) is 7.96. The summed E-state index contributed by atoms with van der Waals surface area (Å²) in [5, 5.41) is 0. The van der Waals surface area contributed by atoms with Crippen molar-refractivity contribution in [1.29, 1.82) is 0 Å². The van der Waals surface area contributed by atoms with E-state index in [9.17, 15) is 21.4 Å². The SMILES string of the molecule is COc1ccc(-c2ccc(Oc3ccc(S(=O)(=O)c4ccc(C)cc4)cc3S(=O)(=O)O)cc2)cc1.O=S(=O)=O. The van der Waals surface area contributed by atoms with Gasteiger partial charge in [-0.2, -0.15) is 8.42 Å². The van der Waals surface area contributed by atoms with Gasteiger partial charge in [0.05, 0.1) is 16.9 Å². The zero-order valence-corrected chi connectivity index (χ0v) is 23.0. The number of ether oxygens (including phenoxy) is 2. The summed E-state index contributed by atoms with van der Waals surface area (Å²) in [4.78, 5) is -0.923. The van der Waals surface area contributed by atoms with E-state index < -0.39 is 35.5 Å². The molecule has 0 aliphatic rings. The molecule has 0 fully saturated rings. The van der Waals surface area contributed by atoms with Gasteiger partial charge in [-0.3, -0.25) is 4.55 Å². The number of methoxy groups -OCH3 is 1. The van der Waals surface area contributed by atoms with Crippen LogP contribution in [0.15, 0.2) is 106 Å². The van der Waals surface area contributed by atoms with Crippen LogP contribution in [0.2, 0.25) is 0 Å². The summed E-state index contributed by atoms with van der Waals surface area (Å²) >= 11 is 0. The van der Waals surface area contributed by atoms with Crippen LogP contribution >= 0.6 is 0 Å². The maximum absolute atomic E-state index is 13.0. The largest absolute Gasteiger partial charge is 0.497 e. The van der Waals surface area contributed by atoms with Gasteiger partial charge in [-0.25, -0.2) is 8.42 Å². The fourth-order valence-corrected chi connectivity index (χ4v) is 5.42. The van der Waals surface area contributed by atoms with E-state index in [1.807, 2.05) is 31.2 Å². The van der Waals surface area contributed by atoms with Crippen molar-refractivity contribution in [3.8, 4) is 28.4 Å².